The Balaban J connectivity index is 1.99. The van der Waals surface area contributed by atoms with Gasteiger partial charge in [-0.25, -0.2) is 4.79 Å². The Hall–Kier alpha value is -2.89. The Morgan fingerprint density at radius 2 is 1.77 bits per heavy atom. The molecule has 0 aliphatic carbocycles. The first kappa shape index (κ1) is 19.4. The number of aromatic amines is 1. The van der Waals surface area contributed by atoms with E-state index in [1.54, 1.807) is 20.9 Å². The van der Waals surface area contributed by atoms with Gasteiger partial charge in [0.1, 0.15) is 5.69 Å². The molecule has 2 aromatic rings. The number of carbonyl (C=O) groups excluding carboxylic acids is 3. The molecule has 1 N–H and O–H groups in total. The fourth-order valence-corrected chi connectivity index (χ4v) is 2.92. The average Bonchev–Trinajstić information content (AvgIpc) is 2.89. The van der Waals surface area contributed by atoms with Gasteiger partial charge in [0, 0.05) is 24.8 Å². The van der Waals surface area contributed by atoms with Crippen LogP contribution in [-0.4, -0.2) is 41.2 Å². The number of hydrogen-bond donors (Lipinski definition) is 1. The quantitative estimate of drug-likeness (QED) is 0.637. The highest BCUT2D eigenvalue weighted by Crippen LogP contribution is 2.19. The van der Waals surface area contributed by atoms with Gasteiger partial charge in [0.2, 0.25) is 0 Å². The van der Waals surface area contributed by atoms with E-state index < -0.39 is 5.97 Å². The summed E-state index contributed by atoms with van der Waals surface area (Å²) >= 11 is 0. The normalized spacial score (nSPS) is 10.5. The Morgan fingerprint density at radius 3 is 2.35 bits per heavy atom. The van der Waals surface area contributed by atoms with Crippen molar-refractivity contribution in [3.63, 3.8) is 0 Å². The van der Waals surface area contributed by atoms with Crippen LogP contribution in [0, 0.1) is 20.8 Å². The van der Waals surface area contributed by atoms with Crippen LogP contribution in [-0.2, 0) is 16.1 Å². The fraction of sp³-hybridized carbons (Fsp3) is 0.350. The van der Waals surface area contributed by atoms with E-state index in [-0.39, 0.29) is 24.0 Å². The van der Waals surface area contributed by atoms with Gasteiger partial charge in [-0.2, -0.15) is 0 Å². The van der Waals surface area contributed by atoms with Crippen molar-refractivity contribution in [2.45, 2.75) is 34.2 Å². The molecule has 26 heavy (non-hydrogen) atoms. The predicted molar refractivity (Wildman–Crippen MR) is 98.2 cm³/mol. The van der Waals surface area contributed by atoms with Gasteiger partial charge in [0.25, 0.3) is 5.91 Å². The number of aryl methyl sites for hydroxylation is 2. The summed E-state index contributed by atoms with van der Waals surface area (Å²) in [6.45, 7) is 6.93. The molecule has 6 heteroatoms. The number of ketones is 1. The highest BCUT2D eigenvalue weighted by Gasteiger charge is 2.22. The zero-order valence-electron chi connectivity index (χ0n) is 15.8. The third kappa shape index (κ3) is 4.20. The molecular formula is C20H24N2O4. The van der Waals surface area contributed by atoms with Gasteiger partial charge in [-0.3, -0.25) is 9.59 Å². The molecule has 0 spiro atoms. The molecule has 0 fully saturated rings. The molecule has 6 nitrogen and oxygen atoms in total. The second-order valence-electron chi connectivity index (χ2n) is 6.43. The maximum Gasteiger partial charge on any atom is 0.355 e. The van der Waals surface area contributed by atoms with Gasteiger partial charge < -0.3 is 14.6 Å². The Kier molecular flexibility index (Phi) is 5.97. The molecule has 138 valence electrons. The van der Waals surface area contributed by atoms with E-state index in [4.69, 9.17) is 4.74 Å². The summed E-state index contributed by atoms with van der Waals surface area (Å²) in [6.07, 6.45) is 0. The first-order valence-corrected chi connectivity index (χ1v) is 8.38. The minimum absolute atomic E-state index is 0.121. The van der Waals surface area contributed by atoms with Crippen LogP contribution in [0.5, 0.6) is 0 Å². The lowest BCUT2D eigenvalue weighted by molar-refractivity contribution is -0.133. The molecule has 0 bridgehead atoms. The molecule has 1 aromatic carbocycles. The summed E-state index contributed by atoms with van der Waals surface area (Å²) in [5.41, 5.74) is 3.99. The number of Topliss-reactive ketones (excluding diaryl/α,β-unsaturated/α-hetero) is 1. The molecule has 0 radical (unpaired) electrons. The third-order valence-corrected chi connectivity index (χ3v) is 4.41. The summed E-state index contributed by atoms with van der Waals surface area (Å²) in [7, 11) is 1.67. The van der Waals surface area contributed by atoms with E-state index in [0.29, 0.717) is 23.4 Å². The topological polar surface area (TPSA) is 79.5 Å². The number of rotatable bonds is 6. The summed E-state index contributed by atoms with van der Waals surface area (Å²) in [4.78, 5) is 40.5. The van der Waals surface area contributed by atoms with Crippen LogP contribution >= 0.6 is 0 Å². The van der Waals surface area contributed by atoms with E-state index in [0.717, 1.165) is 11.1 Å². The molecule has 0 atom stereocenters. The number of amides is 1. The van der Waals surface area contributed by atoms with Gasteiger partial charge in [-0.05, 0) is 44.4 Å². The molecule has 1 aromatic heterocycles. The zero-order chi connectivity index (χ0) is 19.4. The number of carbonyl (C=O) groups is 3. The van der Waals surface area contributed by atoms with Gasteiger partial charge in [-0.15, -0.1) is 0 Å². The minimum Gasteiger partial charge on any atom is -0.451 e. The van der Waals surface area contributed by atoms with Crippen LogP contribution in [0.1, 0.15) is 50.2 Å². The van der Waals surface area contributed by atoms with Crippen molar-refractivity contribution in [2.75, 3.05) is 13.7 Å². The fourth-order valence-electron chi connectivity index (χ4n) is 2.92. The van der Waals surface area contributed by atoms with Gasteiger partial charge in [-0.1, -0.05) is 24.3 Å². The molecule has 0 aliphatic heterocycles. The summed E-state index contributed by atoms with van der Waals surface area (Å²) in [5.74, 6) is -1.06. The number of aromatic nitrogens is 1. The van der Waals surface area contributed by atoms with Crippen molar-refractivity contribution in [1.82, 2.24) is 9.88 Å². The second kappa shape index (κ2) is 7.99. The molecule has 0 unspecified atom stereocenters. The number of ether oxygens (including phenoxy) is 1. The van der Waals surface area contributed by atoms with Crippen LogP contribution in [0.2, 0.25) is 0 Å². The number of hydrogen-bond acceptors (Lipinski definition) is 4. The summed E-state index contributed by atoms with van der Waals surface area (Å²) < 4.78 is 5.14. The van der Waals surface area contributed by atoms with Gasteiger partial charge >= 0.3 is 5.97 Å². The Morgan fingerprint density at radius 1 is 1.12 bits per heavy atom. The van der Waals surface area contributed by atoms with E-state index in [2.05, 4.69) is 4.98 Å². The average molecular weight is 356 g/mol. The van der Waals surface area contributed by atoms with Crippen molar-refractivity contribution >= 4 is 17.7 Å². The van der Waals surface area contributed by atoms with Crippen molar-refractivity contribution in [2.24, 2.45) is 0 Å². The highest BCUT2D eigenvalue weighted by atomic mass is 16.5. The smallest absolute Gasteiger partial charge is 0.355 e. The summed E-state index contributed by atoms with van der Waals surface area (Å²) in [6, 6.07) is 7.80. The monoisotopic (exact) mass is 356 g/mol. The van der Waals surface area contributed by atoms with E-state index >= 15 is 0 Å². The van der Waals surface area contributed by atoms with Crippen LogP contribution < -0.4 is 0 Å². The standard InChI is InChI=1S/C20H24N2O4/c1-12-8-6-7-9-16(12)10-22(5)17(24)11-26-20(25)19-13(2)18(15(4)23)14(3)21-19/h6-9,21H,10-11H2,1-5H3. The van der Waals surface area contributed by atoms with Crippen molar-refractivity contribution in [1.29, 1.82) is 0 Å². The molecule has 0 aliphatic rings. The predicted octanol–water partition coefficient (Wildman–Crippen LogP) is 2.96. The Bertz CT molecular complexity index is 851. The lowest BCUT2D eigenvalue weighted by Gasteiger charge is -2.18. The lowest BCUT2D eigenvalue weighted by Crippen LogP contribution is -2.31. The van der Waals surface area contributed by atoms with E-state index in [1.165, 1.54) is 11.8 Å². The van der Waals surface area contributed by atoms with Crippen LogP contribution in [0.3, 0.4) is 0 Å². The number of likely N-dealkylation sites (N-methyl/N-ethyl adjacent to an activating group) is 1. The molecule has 0 saturated carbocycles. The van der Waals surface area contributed by atoms with Crippen molar-refractivity contribution in [3.8, 4) is 0 Å². The number of nitrogens with one attached hydrogen (secondary N) is 1. The first-order valence-electron chi connectivity index (χ1n) is 8.38. The van der Waals surface area contributed by atoms with Crippen LogP contribution in [0.15, 0.2) is 24.3 Å². The molecular weight excluding hydrogens is 332 g/mol. The largest absolute Gasteiger partial charge is 0.451 e. The maximum atomic E-state index is 12.3. The molecule has 2 rings (SSSR count). The number of esters is 1. The van der Waals surface area contributed by atoms with Crippen molar-refractivity contribution in [3.05, 3.63) is 57.9 Å². The van der Waals surface area contributed by atoms with E-state index in [1.807, 2.05) is 31.2 Å². The highest BCUT2D eigenvalue weighted by molar-refractivity contribution is 6.01. The lowest BCUT2D eigenvalue weighted by atomic mass is 10.1. The van der Waals surface area contributed by atoms with Crippen LogP contribution in [0.25, 0.3) is 0 Å². The third-order valence-electron chi connectivity index (χ3n) is 4.41. The van der Waals surface area contributed by atoms with Gasteiger partial charge in [0.15, 0.2) is 12.4 Å². The van der Waals surface area contributed by atoms with Gasteiger partial charge in [0.05, 0.1) is 0 Å². The molecule has 0 saturated heterocycles. The molecule has 1 amide bonds. The number of benzene rings is 1. The first-order chi connectivity index (χ1) is 12.2. The minimum atomic E-state index is -0.643. The Labute approximate surface area is 153 Å². The zero-order valence-corrected chi connectivity index (χ0v) is 15.8. The number of nitrogens with zero attached hydrogens (tertiary/aromatic N) is 1. The molecule has 1 heterocycles. The SMILES string of the molecule is CC(=O)c1c(C)[nH]c(C(=O)OCC(=O)N(C)Cc2ccccc2C)c1C. The van der Waals surface area contributed by atoms with Crippen LogP contribution in [0.4, 0.5) is 0 Å². The summed E-state index contributed by atoms with van der Waals surface area (Å²) in [5, 5.41) is 0. The van der Waals surface area contributed by atoms with Crippen molar-refractivity contribution < 1.29 is 19.1 Å². The van der Waals surface area contributed by atoms with E-state index in [9.17, 15) is 14.4 Å². The second-order valence-corrected chi connectivity index (χ2v) is 6.43. The maximum absolute atomic E-state index is 12.3. The number of H-pyrrole nitrogens is 1.